The second-order valence-corrected chi connectivity index (χ2v) is 7.10. The molecule has 120 valence electrons. The summed E-state index contributed by atoms with van der Waals surface area (Å²) < 4.78 is 34.6. The van der Waals surface area contributed by atoms with Crippen molar-refractivity contribution < 1.29 is 13.2 Å². The van der Waals surface area contributed by atoms with Gasteiger partial charge in [0.2, 0.25) is 10.0 Å². The molecular weight excluding hydrogens is 290 g/mol. The Bertz CT molecular complexity index is 526. The molecule has 1 aliphatic heterocycles. The van der Waals surface area contributed by atoms with Gasteiger partial charge in [-0.25, -0.2) is 13.1 Å². The number of nitrogens with one attached hydrogen (secondary N) is 1. The van der Waals surface area contributed by atoms with Gasteiger partial charge in [0.1, 0.15) is 0 Å². The first-order chi connectivity index (χ1) is 10.1. The molecule has 0 bridgehead atoms. The van der Waals surface area contributed by atoms with E-state index in [-0.39, 0.29) is 11.0 Å². The van der Waals surface area contributed by atoms with Crippen LogP contribution in [-0.2, 0) is 27.8 Å². The van der Waals surface area contributed by atoms with Crippen molar-refractivity contribution >= 4 is 10.0 Å². The molecule has 0 amide bonds. The van der Waals surface area contributed by atoms with Gasteiger partial charge in [-0.05, 0) is 38.7 Å². The molecule has 1 saturated heterocycles. The number of hydrogen-bond acceptors (Lipinski definition) is 4. The van der Waals surface area contributed by atoms with E-state index in [1.54, 1.807) is 12.3 Å². The van der Waals surface area contributed by atoms with Crippen LogP contribution in [0, 0.1) is 0 Å². The summed E-state index contributed by atoms with van der Waals surface area (Å²) in [7, 11) is -3.46. The monoisotopic (exact) mass is 315 g/mol. The Morgan fingerprint density at radius 2 is 2.29 bits per heavy atom. The fourth-order valence-corrected chi connectivity index (χ4v) is 3.72. The van der Waals surface area contributed by atoms with Crippen LogP contribution in [0.2, 0.25) is 0 Å². The number of aryl methyl sites for hydroxylation is 1. The Balaban J connectivity index is 1.93. The fourth-order valence-electron chi connectivity index (χ4n) is 2.61. The van der Waals surface area contributed by atoms with E-state index in [4.69, 9.17) is 10.5 Å². The summed E-state index contributed by atoms with van der Waals surface area (Å²) in [6.45, 7) is 4.19. The number of sulfonamides is 1. The standard InChI is InChI=1S/C14H25N3O3S/c1-2-17-11-14(9-12(17)10-15)21(18,19)16-7-6-13-5-3-4-8-20-13/h9,11,13,16H,2-8,10,15H2,1H3. The Morgan fingerprint density at radius 3 is 2.86 bits per heavy atom. The lowest BCUT2D eigenvalue weighted by Gasteiger charge is -2.22. The predicted molar refractivity (Wildman–Crippen MR) is 81.4 cm³/mol. The highest BCUT2D eigenvalue weighted by atomic mass is 32.2. The third-order valence-corrected chi connectivity index (χ3v) is 5.28. The number of nitrogens with zero attached hydrogens (tertiary/aromatic N) is 1. The quantitative estimate of drug-likeness (QED) is 0.792. The van der Waals surface area contributed by atoms with E-state index in [0.717, 1.165) is 38.0 Å². The molecule has 0 aliphatic carbocycles. The van der Waals surface area contributed by atoms with E-state index in [9.17, 15) is 8.42 Å². The molecular formula is C14H25N3O3S. The van der Waals surface area contributed by atoms with Crippen LogP contribution in [0.25, 0.3) is 0 Å². The number of aromatic nitrogens is 1. The van der Waals surface area contributed by atoms with Crippen molar-refractivity contribution in [1.82, 2.24) is 9.29 Å². The van der Waals surface area contributed by atoms with Crippen LogP contribution in [0.4, 0.5) is 0 Å². The van der Waals surface area contributed by atoms with Gasteiger partial charge in [-0.1, -0.05) is 0 Å². The minimum Gasteiger partial charge on any atom is -0.378 e. The van der Waals surface area contributed by atoms with Gasteiger partial charge in [-0.2, -0.15) is 0 Å². The molecule has 1 unspecified atom stereocenters. The first-order valence-corrected chi connectivity index (χ1v) is 9.05. The zero-order valence-electron chi connectivity index (χ0n) is 12.5. The van der Waals surface area contributed by atoms with Crippen LogP contribution in [0.3, 0.4) is 0 Å². The molecule has 1 aliphatic rings. The van der Waals surface area contributed by atoms with Gasteiger partial charge < -0.3 is 15.0 Å². The highest BCUT2D eigenvalue weighted by Gasteiger charge is 2.19. The number of nitrogens with two attached hydrogens (primary N) is 1. The first-order valence-electron chi connectivity index (χ1n) is 7.57. The highest BCUT2D eigenvalue weighted by molar-refractivity contribution is 7.89. The summed E-state index contributed by atoms with van der Waals surface area (Å²) in [5.41, 5.74) is 6.46. The maximum atomic E-state index is 12.3. The molecule has 1 fully saturated rings. The van der Waals surface area contributed by atoms with Gasteiger partial charge >= 0.3 is 0 Å². The zero-order chi connectivity index (χ0) is 15.3. The predicted octanol–water partition coefficient (Wildman–Crippen LogP) is 1.20. The molecule has 0 aromatic carbocycles. The molecule has 21 heavy (non-hydrogen) atoms. The van der Waals surface area contributed by atoms with Crippen LogP contribution < -0.4 is 10.5 Å². The lowest BCUT2D eigenvalue weighted by molar-refractivity contribution is 0.0123. The van der Waals surface area contributed by atoms with E-state index >= 15 is 0 Å². The molecule has 2 heterocycles. The topological polar surface area (TPSA) is 86.3 Å². The second-order valence-electron chi connectivity index (χ2n) is 5.33. The van der Waals surface area contributed by atoms with Crippen LogP contribution >= 0.6 is 0 Å². The highest BCUT2D eigenvalue weighted by Crippen LogP contribution is 2.17. The van der Waals surface area contributed by atoms with Crippen molar-refractivity contribution in [3.8, 4) is 0 Å². The van der Waals surface area contributed by atoms with Crippen LogP contribution in [0.15, 0.2) is 17.2 Å². The average Bonchev–Trinajstić information content (AvgIpc) is 2.92. The Hall–Kier alpha value is -0.890. The minimum absolute atomic E-state index is 0.182. The summed E-state index contributed by atoms with van der Waals surface area (Å²) in [5, 5.41) is 0. The van der Waals surface area contributed by atoms with Crippen LogP contribution in [0.1, 0.15) is 38.3 Å². The Labute approximate surface area is 126 Å². The summed E-state index contributed by atoms with van der Waals surface area (Å²) in [5.74, 6) is 0. The summed E-state index contributed by atoms with van der Waals surface area (Å²) in [4.78, 5) is 0.286. The molecule has 1 atom stereocenters. The van der Waals surface area contributed by atoms with Crippen molar-refractivity contribution in [2.75, 3.05) is 13.2 Å². The van der Waals surface area contributed by atoms with Gasteiger partial charge in [-0.3, -0.25) is 0 Å². The van der Waals surface area contributed by atoms with Crippen molar-refractivity contribution in [2.45, 2.75) is 56.7 Å². The van der Waals surface area contributed by atoms with Crippen LogP contribution in [-0.4, -0.2) is 32.2 Å². The van der Waals surface area contributed by atoms with Crippen molar-refractivity contribution in [2.24, 2.45) is 5.73 Å². The lowest BCUT2D eigenvalue weighted by Crippen LogP contribution is -2.29. The average molecular weight is 315 g/mol. The molecule has 1 aromatic heterocycles. The first kappa shape index (κ1) is 16.5. The number of ether oxygens (including phenoxy) is 1. The summed E-state index contributed by atoms with van der Waals surface area (Å²) in [6.07, 6.45) is 5.83. The molecule has 2 rings (SSSR count). The fraction of sp³-hybridized carbons (Fsp3) is 0.714. The van der Waals surface area contributed by atoms with Gasteiger partial charge in [0, 0.05) is 38.1 Å². The van der Waals surface area contributed by atoms with Gasteiger partial charge in [0.25, 0.3) is 0 Å². The molecule has 6 nitrogen and oxygen atoms in total. The molecule has 0 radical (unpaired) electrons. The number of hydrogen-bond donors (Lipinski definition) is 2. The minimum atomic E-state index is -3.46. The van der Waals surface area contributed by atoms with Gasteiger partial charge in [-0.15, -0.1) is 0 Å². The lowest BCUT2D eigenvalue weighted by atomic mass is 10.1. The van der Waals surface area contributed by atoms with E-state index < -0.39 is 10.0 Å². The maximum Gasteiger partial charge on any atom is 0.242 e. The normalized spacial score (nSPS) is 19.8. The van der Waals surface area contributed by atoms with Crippen LogP contribution in [0.5, 0.6) is 0 Å². The maximum absolute atomic E-state index is 12.3. The molecule has 0 spiro atoms. The molecule has 1 aromatic rings. The Morgan fingerprint density at radius 1 is 1.48 bits per heavy atom. The summed E-state index contributed by atoms with van der Waals surface area (Å²) >= 11 is 0. The van der Waals surface area contributed by atoms with E-state index in [0.29, 0.717) is 19.6 Å². The smallest absolute Gasteiger partial charge is 0.242 e. The van der Waals surface area contributed by atoms with E-state index in [1.807, 2.05) is 11.5 Å². The van der Waals surface area contributed by atoms with E-state index in [1.165, 1.54) is 0 Å². The SMILES string of the molecule is CCn1cc(S(=O)(=O)NCCC2CCCCO2)cc1CN. The number of rotatable bonds is 7. The molecule has 3 N–H and O–H groups in total. The molecule has 7 heteroatoms. The van der Waals surface area contributed by atoms with Crippen molar-refractivity contribution in [1.29, 1.82) is 0 Å². The molecule has 0 saturated carbocycles. The van der Waals surface area contributed by atoms with Crippen molar-refractivity contribution in [3.63, 3.8) is 0 Å². The third-order valence-electron chi connectivity index (χ3n) is 3.85. The van der Waals surface area contributed by atoms with Crippen molar-refractivity contribution in [3.05, 3.63) is 18.0 Å². The van der Waals surface area contributed by atoms with Gasteiger partial charge in [0.15, 0.2) is 0 Å². The Kier molecular flexibility index (Phi) is 5.80. The van der Waals surface area contributed by atoms with E-state index in [2.05, 4.69) is 4.72 Å². The summed E-state index contributed by atoms with van der Waals surface area (Å²) in [6, 6.07) is 1.64. The zero-order valence-corrected chi connectivity index (χ0v) is 13.4. The van der Waals surface area contributed by atoms with Gasteiger partial charge in [0.05, 0.1) is 11.0 Å². The largest absolute Gasteiger partial charge is 0.378 e. The second kappa shape index (κ2) is 7.40. The third kappa shape index (κ3) is 4.29.